The Kier molecular flexibility index (Phi) is 4.99. The molecule has 0 aromatic carbocycles. The molecule has 0 saturated carbocycles. The molecule has 0 spiro atoms. The zero-order valence-corrected chi connectivity index (χ0v) is 14.7. The van der Waals surface area contributed by atoms with Crippen LogP contribution in [0.2, 0.25) is 0 Å². The number of aryl methyl sites for hydroxylation is 3. The molecule has 7 nitrogen and oxygen atoms in total. The van der Waals surface area contributed by atoms with Crippen LogP contribution in [0.25, 0.3) is 0 Å². The molecule has 0 bridgehead atoms. The van der Waals surface area contributed by atoms with Crippen molar-refractivity contribution in [3.05, 3.63) is 35.4 Å². The van der Waals surface area contributed by atoms with Crippen molar-refractivity contribution in [1.29, 1.82) is 0 Å². The van der Waals surface area contributed by atoms with Gasteiger partial charge in [0.25, 0.3) is 5.91 Å². The van der Waals surface area contributed by atoms with E-state index in [1.165, 1.54) is 5.56 Å². The minimum Gasteiger partial charge on any atom is -0.348 e. The largest absolute Gasteiger partial charge is 0.348 e. The highest BCUT2D eigenvalue weighted by atomic mass is 16.2. The summed E-state index contributed by atoms with van der Waals surface area (Å²) in [5.74, 6) is -0.0245. The van der Waals surface area contributed by atoms with Crippen LogP contribution in [0, 0.1) is 13.8 Å². The second-order valence-electron chi connectivity index (χ2n) is 6.66. The van der Waals surface area contributed by atoms with Gasteiger partial charge in [0.1, 0.15) is 5.69 Å². The number of likely N-dealkylation sites (tertiary alicyclic amines) is 1. The number of piperidine rings is 1. The smallest absolute Gasteiger partial charge is 0.269 e. The van der Waals surface area contributed by atoms with E-state index in [4.69, 9.17) is 0 Å². The van der Waals surface area contributed by atoms with Crippen LogP contribution in [-0.4, -0.2) is 56.0 Å². The highest BCUT2D eigenvalue weighted by Gasteiger charge is 2.22. The molecule has 130 valence electrons. The van der Waals surface area contributed by atoms with E-state index in [0.717, 1.165) is 44.7 Å². The van der Waals surface area contributed by atoms with Crippen LogP contribution >= 0.6 is 0 Å². The summed E-state index contributed by atoms with van der Waals surface area (Å²) in [4.78, 5) is 14.8. The lowest BCUT2D eigenvalue weighted by atomic mass is 10.0. The van der Waals surface area contributed by atoms with E-state index in [1.807, 2.05) is 30.9 Å². The van der Waals surface area contributed by atoms with Crippen LogP contribution in [0.1, 0.15) is 34.6 Å². The molecule has 3 rings (SSSR count). The second-order valence-corrected chi connectivity index (χ2v) is 6.66. The molecule has 1 saturated heterocycles. The Morgan fingerprint density at radius 2 is 2.04 bits per heavy atom. The van der Waals surface area contributed by atoms with Crippen LogP contribution < -0.4 is 5.32 Å². The van der Waals surface area contributed by atoms with E-state index < -0.39 is 0 Å². The second kappa shape index (κ2) is 7.17. The van der Waals surface area contributed by atoms with E-state index in [1.54, 1.807) is 4.68 Å². The first-order valence-corrected chi connectivity index (χ1v) is 8.54. The summed E-state index contributed by atoms with van der Waals surface area (Å²) in [6.07, 6.45) is 5.94. The highest BCUT2D eigenvalue weighted by Crippen LogP contribution is 2.12. The Morgan fingerprint density at radius 3 is 2.62 bits per heavy atom. The number of hydrogen-bond donors (Lipinski definition) is 1. The van der Waals surface area contributed by atoms with Crippen molar-refractivity contribution in [2.24, 2.45) is 7.05 Å². The van der Waals surface area contributed by atoms with Gasteiger partial charge in [-0.15, -0.1) is 0 Å². The van der Waals surface area contributed by atoms with E-state index >= 15 is 0 Å². The average Bonchev–Trinajstić information content (AvgIpc) is 3.11. The van der Waals surface area contributed by atoms with Crippen LogP contribution in [0.3, 0.4) is 0 Å². The molecular formula is C17H26N6O. The number of nitrogens with zero attached hydrogens (tertiary/aromatic N) is 5. The summed E-state index contributed by atoms with van der Waals surface area (Å²) < 4.78 is 3.64. The maximum atomic E-state index is 12.3. The lowest BCUT2D eigenvalue weighted by molar-refractivity contribution is 0.0900. The fourth-order valence-electron chi connectivity index (χ4n) is 3.22. The van der Waals surface area contributed by atoms with Gasteiger partial charge >= 0.3 is 0 Å². The Balaban J connectivity index is 1.43. The van der Waals surface area contributed by atoms with Crippen molar-refractivity contribution in [1.82, 2.24) is 29.8 Å². The first kappa shape index (κ1) is 16.7. The molecule has 3 heterocycles. The van der Waals surface area contributed by atoms with Gasteiger partial charge in [-0.05, 0) is 38.3 Å². The third-order valence-corrected chi connectivity index (χ3v) is 4.57. The van der Waals surface area contributed by atoms with Gasteiger partial charge in [-0.1, -0.05) is 0 Å². The zero-order valence-electron chi connectivity index (χ0n) is 14.7. The number of hydrogen-bond acceptors (Lipinski definition) is 4. The predicted octanol–water partition coefficient (Wildman–Crippen LogP) is 1.13. The number of nitrogens with one attached hydrogen (secondary N) is 1. The third kappa shape index (κ3) is 4.03. The van der Waals surface area contributed by atoms with Crippen molar-refractivity contribution in [3.63, 3.8) is 0 Å². The Labute approximate surface area is 142 Å². The fourth-order valence-corrected chi connectivity index (χ4v) is 3.22. The summed E-state index contributed by atoms with van der Waals surface area (Å²) in [5.41, 5.74) is 2.69. The number of carbonyl (C=O) groups is 1. The van der Waals surface area contributed by atoms with Crippen LogP contribution in [0.5, 0.6) is 0 Å². The molecule has 1 aliphatic rings. The van der Waals surface area contributed by atoms with Gasteiger partial charge in [0.05, 0.1) is 18.4 Å². The summed E-state index contributed by atoms with van der Waals surface area (Å²) in [6.45, 7) is 7.89. The average molecular weight is 330 g/mol. The highest BCUT2D eigenvalue weighted by molar-refractivity contribution is 5.92. The van der Waals surface area contributed by atoms with Crippen molar-refractivity contribution < 1.29 is 4.79 Å². The van der Waals surface area contributed by atoms with E-state index in [9.17, 15) is 4.79 Å². The molecule has 1 aliphatic heterocycles. The molecule has 7 heteroatoms. The van der Waals surface area contributed by atoms with E-state index in [2.05, 4.69) is 33.5 Å². The van der Waals surface area contributed by atoms with Gasteiger partial charge in [-0.2, -0.15) is 10.2 Å². The van der Waals surface area contributed by atoms with Gasteiger partial charge in [0, 0.05) is 38.9 Å². The summed E-state index contributed by atoms with van der Waals surface area (Å²) in [6, 6.07) is 2.08. The normalized spacial score (nSPS) is 16.5. The molecule has 24 heavy (non-hydrogen) atoms. The van der Waals surface area contributed by atoms with Gasteiger partial charge in [-0.25, -0.2) is 0 Å². The number of amides is 1. The van der Waals surface area contributed by atoms with Gasteiger partial charge < -0.3 is 10.2 Å². The molecular weight excluding hydrogens is 304 g/mol. The van der Waals surface area contributed by atoms with Gasteiger partial charge in [0.15, 0.2) is 0 Å². The molecule has 1 N–H and O–H groups in total. The van der Waals surface area contributed by atoms with Crippen LogP contribution in [-0.2, 0) is 13.6 Å². The molecule has 2 aromatic heterocycles. The summed E-state index contributed by atoms with van der Waals surface area (Å²) in [7, 11) is 1.81. The Hall–Kier alpha value is -2.15. The summed E-state index contributed by atoms with van der Waals surface area (Å²) >= 11 is 0. The quantitative estimate of drug-likeness (QED) is 0.892. The van der Waals surface area contributed by atoms with Crippen molar-refractivity contribution in [2.75, 3.05) is 19.6 Å². The minimum atomic E-state index is -0.0245. The van der Waals surface area contributed by atoms with Gasteiger partial charge in [-0.3, -0.25) is 14.2 Å². The van der Waals surface area contributed by atoms with Crippen molar-refractivity contribution >= 4 is 5.91 Å². The molecule has 0 unspecified atom stereocenters. The number of aromatic nitrogens is 4. The fraction of sp³-hybridized carbons (Fsp3) is 0.588. The monoisotopic (exact) mass is 330 g/mol. The molecule has 0 aliphatic carbocycles. The predicted molar refractivity (Wildman–Crippen MR) is 91.8 cm³/mol. The molecule has 1 amide bonds. The summed E-state index contributed by atoms with van der Waals surface area (Å²) in [5, 5.41) is 11.7. The molecule has 0 radical (unpaired) electrons. The molecule has 0 atom stereocenters. The molecule has 1 fully saturated rings. The lowest BCUT2D eigenvalue weighted by Gasteiger charge is -2.32. The third-order valence-electron chi connectivity index (χ3n) is 4.57. The van der Waals surface area contributed by atoms with Crippen LogP contribution in [0.4, 0.5) is 0 Å². The van der Waals surface area contributed by atoms with Crippen molar-refractivity contribution in [3.8, 4) is 0 Å². The SMILES string of the molecule is Cc1cnn(CCN2CCC(NC(=O)c3cc(C)nn3C)CC2)c1. The standard InChI is InChI=1S/C17H26N6O/c1-13-11-18-23(12-13)9-8-22-6-4-15(5-7-22)19-17(24)16-10-14(2)20-21(16)3/h10-12,15H,4-9H2,1-3H3,(H,19,24). The maximum absolute atomic E-state index is 12.3. The van der Waals surface area contributed by atoms with Crippen LogP contribution in [0.15, 0.2) is 18.5 Å². The maximum Gasteiger partial charge on any atom is 0.269 e. The zero-order chi connectivity index (χ0) is 17.1. The topological polar surface area (TPSA) is 68.0 Å². The Bertz CT molecular complexity index is 696. The minimum absolute atomic E-state index is 0.0245. The molecule has 2 aromatic rings. The van der Waals surface area contributed by atoms with E-state index in [0.29, 0.717) is 5.69 Å². The van der Waals surface area contributed by atoms with E-state index in [-0.39, 0.29) is 11.9 Å². The van der Waals surface area contributed by atoms with Crippen molar-refractivity contribution in [2.45, 2.75) is 39.3 Å². The number of rotatable bonds is 5. The first-order chi connectivity index (χ1) is 11.5. The Morgan fingerprint density at radius 1 is 1.29 bits per heavy atom. The lowest BCUT2D eigenvalue weighted by Crippen LogP contribution is -2.45. The van der Waals surface area contributed by atoms with Gasteiger partial charge in [0.2, 0.25) is 0 Å². The first-order valence-electron chi connectivity index (χ1n) is 8.54. The number of carbonyl (C=O) groups excluding carboxylic acids is 1.